The van der Waals surface area contributed by atoms with E-state index in [-0.39, 0.29) is 0 Å². The first-order valence-electron chi connectivity index (χ1n) is 7.93. The van der Waals surface area contributed by atoms with Crippen LogP contribution < -0.4 is 5.32 Å². The van der Waals surface area contributed by atoms with E-state index in [4.69, 9.17) is 9.47 Å². The van der Waals surface area contributed by atoms with Gasteiger partial charge in [0.05, 0.1) is 25.4 Å². The summed E-state index contributed by atoms with van der Waals surface area (Å²) in [5.74, 6) is 0. The van der Waals surface area contributed by atoms with Gasteiger partial charge in [-0.25, -0.2) is 0 Å². The summed E-state index contributed by atoms with van der Waals surface area (Å²) in [6.45, 7) is 10.5. The van der Waals surface area contributed by atoms with Gasteiger partial charge in [-0.1, -0.05) is 13.8 Å². The molecule has 4 nitrogen and oxygen atoms in total. The number of nitrogens with zero attached hydrogens (tertiary/aromatic N) is 1. The van der Waals surface area contributed by atoms with Crippen LogP contribution in [0.25, 0.3) is 0 Å². The van der Waals surface area contributed by atoms with E-state index >= 15 is 0 Å². The number of likely N-dealkylation sites (tertiary alicyclic amines) is 1. The van der Waals surface area contributed by atoms with E-state index < -0.39 is 0 Å². The Bertz CT molecular complexity index is 242. The van der Waals surface area contributed by atoms with E-state index in [1.165, 1.54) is 32.4 Å². The number of ether oxygens (including phenoxy) is 2. The molecule has 2 fully saturated rings. The first-order valence-corrected chi connectivity index (χ1v) is 7.93. The molecule has 0 spiro atoms. The van der Waals surface area contributed by atoms with Gasteiger partial charge in [0.2, 0.25) is 0 Å². The van der Waals surface area contributed by atoms with Gasteiger partial charge < -0.3 is 19.7 Å². The lowest BCUT2D eigenvalue weighted by Crippen LogP contribution is -2.32. The molecule has 2 atom stereocenters. The Balaban J connectivity index is 1.48. The van der Waals surface area contributed by atoms with Crippen LogP contribution in [0.15, 0.2) is 0 Å². The minimum atomic E-state index is 0.317. The predicted octanol–water partition coefficient (Wildman–Crippen LogP) is 1.64. The average molecular weight is 270 g/mol. The van der Waals surface area contributed by atoms with Crippen LogP contribution in [0.2, 0.25) is 0 Å². The van der Waals surface area contributed by atoms with E-state index in [2.05, 4.69) is 24.1 Å². The summed E-state index contributed by atoms with van der Waals surface area (Å²) in [4.78, 5) is 2.49. The van der Waals surface area contributed by atoms with Gasteiger partial charge in [-0.15, -0.1) is 0 Å². The van der Waals surface area contributed by atoms with Gasteiger partial charge in [-0.2, -0.15) is 0 Å². The van der Waals surface area contributed by atoms with Crippen molar-refractivity contribution in [1.82, 2.24) is 10.2 Å². The molecule has 2 saturated heterocycles. The van der Waals surface area contributed by atoms with E-state index in [0.717, 1.165) is 32.7 Å². The minimum Gasteiger partial charge on any atom is -0.377 e. The van der Waals surface area contributed by atoms with Gasteiger partial charge in [0, 0.05) is 19.1 Å². The fourth-order valence-electron chi connectivity index (χ4n) is 2.83. The fourth-order valence-corrected chi connectivity index (χ4v) is 2.83. The quantitative estimate of drug-likeness (QED) is 0.680. The number of rotatable bonds is 8. The molecular formula is C15H30N2O2. The van der Waals surface area contributed by atoms with Crippen molar-refractivity contribution in [2.75, 3.05) is 39.4 Å². The van der Waals surface area contributed by atoms with Gasteiger partial charge >= 0.3 is 0 Å². The molecule has 0 bridgehead atoms. The number of hydrogen-bond donors (Lipinski definition) is 1. The van der Waals surface area contributed by atoms with Gasteiger partial charge in [-0.3, -0.25) is 0 Å². The minimum absolute atomic E-state index is 0.317. The zero-order valence-corrected chi connectivity index (χ0v) is 12.6. The maximum atomic E-state index is 5.98. The summed E-state index contributed by atoms with van der Waals surface area (Å²) in [6.07, 6.45) is 5.73. The third-order valence-corrected chi connectivity index (χ3v) is 4.00. The molecular weight excluding hydrogens is 240 g/mol. The lowest BCUT2D eigenvalue weighted by atomic mass is 10.2. The van der Waals surface area contributed by atoms with Gasteiger partial charge in [0.1, 0.15) is 0 Å². The number of hydrogen-bond acceptors (Lipinski definition) is 4. The van der Waals surface area contributed by atoms with E-state index in [1.807, 2.05) is 0 Å². The van der Waals surface area contributed by atoms with Crippen molar-refractivity contribution in [2.24, 2.45) is 0 Å². The summed E-state index contributed by atoms with van der Waals surface area (Å²) in [5.41, 5.74) is 0. The molecule has 1 N–H and O–H groups in total. The normalized spacial score (nSPS) is 28.6. The van der Waals surface area contributed by atoms with Crippen LogP contribution in [0, 0.1) is 0 Å². The SMILES string of the molecule is CC(C)NCC1CCC(COCCN2CCCC2)O1. The molecule has 19 heavy (non-hydrogen) atoms. The third-order valence-electron chi connectivity index (χ3n) is 4.00. The van der Waals surface area contributed by atoms with Gasteiger partial charge in [0.25, 0.3) is 0 Å². The summed E-state index contributed by atoms with van der Waals surface area (Å²) in [6, 6.07) is 0.541. The van der Waals surface area contributed by atoms with E-state index in [9.17, 15) is 0 Å². The molecule has 0 amide bonds. The second-order valence-electron chi connectivity index (χ2n) is 6.14. The topological polar surface area (TPSA) is 33.7 Å². The molecule has 0 radical (unpaired) electrons. The van der Waals surface area contributed by atoms with Crippen LogP contribution in [0.4, 0.5) is 0 Å². The van der Waals surface area contributed by atoms with E-state index in [1.54, 1.807) is 0 Å². The lowest BCUT2D eigenvalue weighted by molar-refractivity contribution is -0.0176. The molecule has 2 heterocycles. The molecule has 0 aliphatic carbocycles. The molecule has 0 aromatic rings. The molecule has 4 heteroatoms. The largest absolute Gasteiger partial charge is 0.377 e. The smallest absolute Gasteiger partial charge is 0.0813 e. The highest BCUT2D eigenvalue weighted by Crippen LogP contribution is 2.19. The van der Waals surface area contributed by atoms with Crippen LogP contribution in [-0.2, 0) is 9.47 Å². The first kappa shape index (κ1) is 15.2. The standard InChI is InChI=1S/C15H30N2O2/c1-13(2)16-11-14-5-6-15(19-14)12-18-10-9-17-7-3-4-8-17/h13-16H,3-12H2,1-2H3. The first-order chi connectivity index (χ1) is 9.24. The molecule has 0 aromatic heterocycles. The Morgan fingerprint density at radius 2 is 1.95 bits per heavy atom. The van der Waals surface area contributed by atoms with Crippen molar-refractivity contribution in [2.45, 2.75) is 57.8 Å². The lowest BCUT2D eigenvalue weighted by Gasteiger charge is -2.17. The molecule has 2 rings (SSSR count). The number of nitrogens with one attached hydrogen (secondary N) is 1. The monoisotopic (exact) mass is 270 g/mol. The molecule has 0 aromatic carbocycles. The molecule has 0 saturated carbocycles. The van der Waals surface area contributed by atoms with Crippen LogP contribution in [0.5, 0.6) is 0 Å². The van der Waals surface area contributed by atoms with Crippen LogP contribution >= 0.6 is 0 Å². The summed E-state index contributed by atoms with van der Waals surface area (Å²) < 4.78 is 11.7. The van der Waals surface area contributed by atoms with E-state index in [0.29, 0.717) is 18.2 Å². The maximum absolute atomic E-state index is 5.98. The Morgan fingerprint density at radius 1 is 1.21 bits per heavy atom. The molecule has 2 aliphatic heterocycles. The second kappa shape index (κ2) is 8.20. The molecule has 2 aliphatic rings. The Kier molecular flexibility index (Phi) is 6.57. The molecule has 2 unspecified atom stereocenters. The van der Waals surface area contributed by atoms with Crippen molar-refractivity contribution in [3.05, 3.63) is 0 Å². The highest BCUT2D eigenvalue weighted by Gasteiger charge is 2.25. The maximum Gasteiger partial charge on any atom is 0.0813 e. The molecule has 112 valence electrons. The summed E-state index contributed by atoms with van der Waals surface area (Å²) >= 11 is 0. The van der Waals surface area contributed by atoms with Crippen molar-refractivity contribution in [1.29, 1.82) is 0 Å². The Hall–Kier alpha value is -0.160. The summed E-state index contributed by atoms with van der Waals surface area (Å²) in [7, 11) is 0. The van der Waals surface area contributed by atoms with Gasteiger partial charge in [0.15, 0.2) is 0 Å². The zero-order chi connectivity index (χ0) is 13.5. The van der Waals surface area contributed by atoms with Crippen molar-refractivity contribution in [3.63, 3.8) is 0 Å². The second-order valence-corrected chi connectivity index (χ2v) is 6.14. The summed E-state index contributed by atoms with van der Waals surface area (Å²) in [5, 5.41) is 3.44. The fraction of sp³-hybridized carbons (Fsp3) is 1.00. The predicted molar refractivity (Wildman–Crippen MR) is 77.5 cm³/mol. The van der Waals surface area contributed by atoms with Crippen LogP contribution in [0.1, 0.15) is 39.5 Å². The highest BCUT2D eigenvalue weighted by atomic mass is 16.5. The van der Waals surface area contributed by atoms with Crippen LogP contribution in [0.3, 0.4) is 0 Å². The van der Waals surface area contributed by atoms with Crippen LogP contribution in [-0.4, -0.2) is 62.5 Å². The van der Waals surface area contributed by atoms with Crippen molar-refractivity contribution < 1.29 is 9.47 Å². The Morgan fingerprint density at radius 3 is 2.68 bits per heavy atom. The zero-order valence-electron chi connectivity index (χ0n) is 12.6. The third kappa shape index (κ3) is 5.78. The van der Waals surface area contributed by atoms with Crippen molar-refractivity contribution >= 4 is 0 Å². The highest BCUT2D eigenvalue weighted by molar-refractivity contribution is 4.76. The van der Waals surface area contributed by atoms with Crippen molar-refractivity contribution in [3.8, 4) is 0 Å². The Labute approximate surface area is 117 Å². The average Bonchev–Trinajstić information content (AvgIpc) is 3.04. The van der Waals surface area contributed by atoms with Gasteiger partial charge in [-0.05, 0) is 38.8 Å².